The van der Waals surface area contributed by atoms with Gasteiger partial charge in [-0.2, -0.15) is 0 Å². The molecule has 0 saturated carbocycles. The van der Waals surface area contributed by atoms with Crippen molar-refractivity contribution in [3.05, 3.63) is 52.8 Å². The molecule has 0 amide bonds. The molecular formula is C16H17NO2. The lowest BCUT2D eigenvalue weighted by Gasteiger charge is -2.11. The molecule has 19 heavy (non-hydrogen) atoms. The fourth-order valence-electron chi connectivity index (χ4n) is 2.52. The number of rotatable bonds is 3. The summed E-state index contributed by atoms with van der Waals surface area (Å²) in [6, 6.07) is 8.11. The van der Waals surface area contributed by atoms with Gasteiger partial charge < -0.3 is 9.84 Å². The third-order valence-electron chi connectivity index (χ3n) is 3.55. The zero-order valence-corrected chi connectivity index (χ0v) is 11.0. The van der Waals surface area contributed by atoms with Gasteiger partial charge in [-0.05, 0) is 49.4 Å². The molecule has 0 spiro atoms. The highest BCUT2D eigenvalue weighted by molar-refractivity contribution is 5.42. The number of pyridine rings is 1. The summed E-state index contributed by atoms with van der Waals surface area (Å²) in [5.41, 5.74) is 4.41. The predicted molar refractivity (Wildman–Crippen MR) is 73.4 cm³/mol. The van der Waals surface area contributed by atoms with Gasteiger partial charge in [0.2, 0.25) is 0 Å². The highest BCUT2D eigenvalue weighted by Crippen LogP contribution is 2.30. The van der Waals surface area contributed by atoms with Crippen molar-refractivity contribution in [1.29, 1.82) is 0 Å². The second-order valence-electron chi connectivity index (χ2n) is 4.98. The largest absolute Gasteiger partial charge is 0.457 e. The summed E-state index contributed by atoms with van der Waals surface area (Å²) in [5, 5.41) is 9.32. The highest BCUT2D eigenvalue weighted by Gasteiger charge is 2.12. The maximum Gasteiger partial charge on any atom is 0.136 e. The van der Waals surface area contributed by atoms with E-state index in [-0.39, 0.29) is 6.61 Å². The molecule has 2 aromatic rings. The number of aromatic nitrogens is 1. The Hall–Kier alpha value is -1.87. The van der Waals surface area contributed by atoms with Crippen LogP contribution in [0.5, 0.6) is 11.5 Å². The van der Waals surface area contributed by atoms with E-state index in [2.05, 4.69) is 17.1 Å². The first-order valence-corrected chi connectivity index (χ1v) is 6.62. The van der Waals surface area contributed by atoms with Crippen LogP contribution in [-0.4, -0.2) is 10.1 Å². The van der Waals surface area contributed by atoms with E-state index in [1.54, 1.807) is 6.20 Å². The first kappa shape index (κ1) is 12.2. The summed E-state index contributed by atoms with van der Waals surface area (Å²) in [6.07, 6.45) is 5.20. The summed E-state index contributed by atoms with van der Waals surface area (Å²) < 4.78 is 5.91. The number of aryl methyl sites for hydroxylation is 3. The summed E-state index contributed by atoms with van der Waals surface area (Å²) in [5.74, 6) is 1.52. The second kappa shape index (κ2) is 5.02. The molecule has 0 atom stereocenters. The van der Waals surface area contributed by atoms with Crippen molar-refractivity contribution in [2.75, 3.05) is 0 Å². The number of aliphatic hydroxyl groups is 1. The van der Waals surface area contributed by atoms with Gasteiger partial charge in [0, 0.05) is 23.5 Å². The number of aliphatic hydroxyl groups excluding tert-OH is 1. The molecule has 1 heterocycles. The molecule has 1 aliphatic rings. The van der Waals surface area contributed by atoms with Crippen LogP contribution in [0, 0.1) is 6.92 Å². The second-order valence-corrected chi connectivity index (χ2v) is 4.98. The van der Waals surface area contributed by atoms with Crippen LogP contribution in [0.3, 0.4) is 0 Å². The predicted octanol–water partition coefficient (Wildman–Crippen LogP) is 3.16. The summed E-state index contributed by atoms with van der Waals surface area (Å²) >= 11 is 0. The van der Waals surface area contributed by atoms with Gasteiger partial charge >= 0.3 is 0 Å². The smallest absolute Gasteiger partial charge is 0.136 e. The third-order valence-corrected chi connectivity index (χ3v) is 3.55. The van der Waals surface area contributed by atoms with Gasteiger partial charge in [0.15, 0.2) is 0 Å². The van der Waals surface area contributed by atoms with Crippen LogP contribution in [0.15, 0.2) is 30.5 Å². The average molecular weight is 255 g/mol. The van der Waals surface area contributed by atoms with Crippen molar-refractivity contribution in [3.8, 4) is 11.5 Å². The lowest BCUT2D eigenvalue weighted by molar-refractivity contribution is 0.276. The van der Waals surface area contributed by atoms with Crippen LogP contribution in [-0.2, 0) is 19.4 Å². The van der Waals surface area contributed by atoms with Crippen LogP contribution in [0.1, 0.15) is 28.8 Å². The Morgan fingerprint density at radius 1 is 1.21 bits per heavy atom. The van der Waals surface area contributed by atoms with E-state index in [1.807, 2.05) is 19.1 Å². The van der Waals surface area contributed by atoms with Gasteiger partial charge in [-0.1, -0.05) is 6.07 Å². The van der Waals surface area contributed by atoms with E-state index in [4.69, 9.17) is 4.74 Å². The molecule has 3 rings (SSSR count). The van der Waals surface area contributed by atoms with Crippen LogP contribution in [0.4, 0.5) is 0 Å². The summed E-state index contributed by atoms with van der Waals surface area (Å²) in [4.78, 5) is 4.17. The topological polar surface area (TPSA) is 42.4 Å². The van der Waals surface area contributed by atoms with Gasteiger partial charge in [-0.15, -0.1) is 0 Å². The average Bonchev–Trinajstić information content (AvgIpc) is 2.86. The number of benzene rings is 1. The number of hydrogen-bond donors (Lipinski definition) is 1. The maximum absolute atomic E-state index is 9.32. The fourth-order valence-corrected chi connectivity index (χ4v) is 2.52. The lowest BCUT2D eigenvalue weighted by Crippen LogP contribution is -1.95. The first-order valence-electron chi connectivity index (χ1n) is 6.62. The Bertz CT molecular complexity index is 608. The Morgan fingerprint density at radius 3 is 2.89 bits per heavy atom. The van der Waals surface area contributed by atoms with Crippen molar-refractivity contribution in [2.45, 2.75) is 32.8 Å². The number of nitrogens with zero attached hydrogens (tertiary/aromatic N) is 1. The maximum atomic E-state index is 9.32. The van der Waals surface area contributed by atoms with Gasteiger partial charge in [0.1, 0.15) is 11.5 Å². The van der Waals surface area contributed by atoms with Crippen LogP contribution in [0.25, 0.3) is 0 Å². The van der Waals surface area contributed by atoms with Crippen LogP contribution in [0.2, 0.25) is 0 Å². The van der Waals surface area contributed by atoms with E-state index in [0.717, 1.165) is 17.9 Å². The fraction of sp³-hybridized carbons (Fsp3) is 0.312. The minimum Gasteiger partial charge on any atom is -0.457 e. The summed E-state index contributed by atoms with van der Waals surface area (Å²) in [6.45, 7) is 1.85. The van der Waals surface area contributed by atoms with Gasteiger partial charge in [0.05, 0.1) is 6.61 Å². The van der Waals surface area contributed by atoms with Crippen molar-refractivity contribution >= 4 is 0 Å². The molecule has 0 saturated heterocycles. The highest BCUT2D eigenvalue weighted by atomic mass is 16.5. The molecule has 1 aliphatic carbocycles. The van der Waals surface area contributed by atoms with Gasteiger partial charge in [-0.25, -0.2) is 0 Å². The Labute approximate surface area is 112 Å². The Balaban J connectivity index is 1.90. The van der Waals surface area contributed by atoms with Gasteiger partial charge in [0.25, 0.3) is 0 Å². The van der Waals surface area contributed by atoms with E-state index >= 15 is 0 Å². The van der Waals surface area contributed by atoms with Crippen molar-refractivity contribution in [2.24, 2.45) is 0 Å². The molecular weight excluding hydrogens is 238 g/mol. The monoisotopic (exact) mass is 255 g/mol. The normalized spacial score (nSPS) is 13.4. The standard InChI is InChI=1S/C16H17NO2/c1-11-7-16(14(10-18)9-17-11)19-15-6-5-12-3-2-4-13(12)8-15/h5-9,18H,2-4,10H2,1H3. The quantitative estimate of drug-likeness (QED) is 0.916. The van der Waals surface area contributed by atoms with Gasteiger partial charge in [-0.3, -0.25) is 4.98 Å². The molecule has 1 aromatic heterocycles. The van der Waals surface area contributed by atoms with E-state index in [0.29, 0.717) is 11.3 Å². The zero-order valence-electron chi connectivity index (χ0n) is 11.0. The number of fused-ring (bicyclic) bond motifs is 1. The SMILES string of the molecule is Cc1cc(Oc2ccc3c(c2)CCC3)c(CO)cn1. The molecule has 0 radical (unpaired) electrons. The molecule has 0 unspecified atom stereocenters. The molecule has 3 heteroatoms. The van der Waals surface area contributed by atoms with Crippen LogP contribution < -0.4 is 4.74 Å². The molecule has 1 aromatic carbocycles. The first-order chi connectivity index (χ1) is 9.26. The van der Waals surface area contributed by atoms with E-state index in [9.17, 15) is 5.11 Å². The lowest BCUT2D eigenvalue weighted by atomic mass is 10.1. The Kier molecular flexibility index (Phi) is 3.22. The molecule has 0 aliphatic heterocycles. The van der Waals surface area contributed by atoms with E-state index in [1.165, 1.54) is 24.0 Å². The third kappa shape index (κ3) is 2.47. The molecule has 0 bridgehead atoms. The van der Waals surface area contributed by atoms with Crippen LogP contribution >= 0.6 is 0 Å². The number of ether oxygens (including phenoxy) is 1. The van der Waals surface area contributed by atoms with Crippen molar-refractivity contribution < 1.29 is 9.84 Å². The van der Waals surface area contributed by atoms with E-state index < -0.39 is 0 Å². The zero-order chi connectivity index (χ0) is 13.2. The summed E-state index contributed by atoms with van der Waals surface area (Å²) in [7, 11) is 0. The molecule has 98 valence electrons. The molecule has 1 N–H and O–H groups in total. The van der Waals surface area contributed by atoms with Crippen molar-refractivity contribution in [3.63, 3.8) is 0 Å². The molecule has 3 nitrogen and oxygen atoms in total. The Morgan fingerprint density at radius 2 is 2.05 bits per heavy atom. The molecule has 0 fully saturated rings. The minimum atomic E-state index is -0.0620. The van der Waals surface area contributed by atoms with Crippen molar-refractivity contribution in [1.82, 2.24) is 4.98 Å². The minimum absolute atomic E-state index is 0.0620. The number of hydrogen-bond acceptors (Lipinski definition) is 3.